The van der Waals surface area contributed by atoms with E-state index in [-0.39, 0.29) is 18.4 Å². The summed E-state index contributed by atoms with van der Waals surface area (Å²) in [4.78, 5) is 33.2. The van der Waals surface area contributed by atoms with Crippen molar-refractivity contribution in [1.82, 2.24) is 24.9 Å². The Morgan fingerprint density at radius 1 is 1.03 bits per heavy atom. The van der Waals surface area contributed by atoms with Gasteiger partial charge in [-0.3, -0.25) is 14.5 Å². The van der Waals surface area contributed by atoms with Crippen LogP contribution in [0, 0.1) is 0 Å². The zero-order chi connectivity index (χ0) is 25.3. The van der Waals surface area contributed by atoms with Crippen molar-refractivity contribution in [2.24, 2.45) is 0 Å². The number of hydrogen-bond acceptors (Lipinski definition) is 8. The summed E-state index contributed by atoms with van der Waals surface area (Å²) in [6.07, 6.45) is 0.832. The van der Waals surface area contributed by atoms with Gasteiger partial charge in [-0.05, 0) is 30.7 Å². The van der Waals surface area contributed by atoms with E-state index in [9.17, 15) is 9.59 Å². The van der Waals surface area contributed by atoms with Crippen LogP contribution in [0.4, 0.5) is 5.82 Å². The first-order chi connectivity index (χ1) is 17.5. The second kappa shape index (κ2) is 12.6. The van der Waals surface area contributed by atoms with Crippen molar-refractivity contribution in [1.29, 1.82) is 0 Å². The molecule has 0 unspecified atom stereocenters. The maximum atomic E-state index is 13.1. The van der Waals surface area contributed by atoms with Gasteiger partial charge in [-0.2, -0.15) is 0 Å². The Morgan fingerprint density at radius 3 is 2.58 bits per heavy atom. The van der Waals surface area contributed by atoms with Gasteiger partial charge in [0.2, 0.25) is 11.8 Å². The summed E-state index contributed by atoms with van der Waals surface area (Å²) in [5.74, 6) is 1.50. The number of carbonyl (C=O) groups is 2. The molecule has 10 heteroatoms. The summed E-state index contributed by atoms with van der Waals surface area (Å²) in [6.45, 7) is 8.86. The van der Waals surface area contributed by atoms with Gasteiger partial charge in [0.05, 0.1) is 32.6 Å². The maximum Gasteiger partial charge on any atom is 0.242 e. The average molecular weight is 497 g/mol. The molecule has 194 valence electrons. The molecule has 2 amide bonds. The molecule has 2 aromatic rings. The minimum absolute atomic E-state index is 0.00603. The van der Waals surface area contributed by atoms with E-state index in [4.69, 9.17) is 9.47 Å². The van der Waals surface area contributed by atoms with E-state index in [2.05, 4.69) is 20.0 Å². The lowest BCUT2D eigenvalue weighted by atomic mass is 10.1. The van der Waals surface area contributed by atoms with Gasteiger partial charge < -0.3 is 24.2 Å². The van der Waals surface area contributed by atoms with Crippen molar-refractivity contribution in [2.75, 3.05) is 84.1 Å². The minimum atomic E-state index is -0.0699. The number of aromatic nitrogens is 2. The van der Waals surface area contributed by atoms with Crippen molar-refractivity contribution < 1.29 is 19.1 Å². The topological polar surface area (TPSA) is 91.3 Å². The summed E-state index contributed by atoms with van der Waals surface area (Å²) < 4.78 is 10.7. The minimum Gasteiger partial charge on any atom is -0.497 e. The molecule has 36 heavy (non-hydrogen) atoms. The number of ether oxygens (including phenoxy) is 2. The van der Waals surface area contributed by atoms with Crippen molar-refractivity contribution >= 4 is 17.6 Å². The monoisotopic (exact) mass is 496 g/mol. The Balaban J connectivity index is 1.30. The summed E-state index contributed by atoms with van der Waals surface area (Å²) in [7, 11) is 1.64. The number of nitrogens with zero attached hydrogens (tertiary/aromatic N) is 6. The fourth-order valence-corrected chi connectivity index (χ4v) is 4.52. The van der Waals surface area contributed by atoms with Gasteiger partial charge in [-0.15, -0.1) is 10.2 Å². The van der Waals surface area contributed by atoms with E-state index in [0.29, 0.717) is 26.2 Å². The number of methoxy groups -OCH3 is 1. The highest BCUT2D eigenvalue weighted by Crippen LogP contribution is 2.23. The normalized spacial score (nSPS) is 16.9. The van der Waals surface area contributed by atoms with Gasteiger partial charge in [-0.1, -0.05) is 12.1 Å². The molecular weight excluding hydrogens is 460 g/mol. The molecule has 10 nitrogen and oxygen atoms in total. The van der Waals surface area contributed by atoms with Gasteiger partial charge in [0.1, 0.15) is 5.75 Å². The SMILES string of the molecule is COc1cccc(-c2ccc(N3CCCN(C(=O)CN(CCN4CCOCC4)C(C)=O)CC3)nn2)c1. The zero-order valence-corrected chi connectivity index (χ0v) is 21.3. The van der Waals surface area contributed by atoms with Crippen LogP contribution >= 0.6 is 0 Å². The third-order valence-corrected chi connectivity index (χ3v) is 6.75. The molecule has 0 atom stereocenters. The predicted molar refractivity (Wildman–Crippen MR) is 137 cm³/mol. The first kappa shape index (κ1) is 25.8. The second-order valence-corrected chi connectivity index (χ2v) is 9.12. The van der Waals surface area contributed by atoms with E-state index in [1.54, 1.807) is 12.0 Å². The van der Waals surface area contributed by atoms with Crippen molar-refractivity contribution in [3.05, 3.63) is 36.4 Å². The third-order valence-electron chi connectivity index (χ3n) is 6.75. The molecule has 2 aliphatic heterocycles. The molecule has 2 saturated heterocycles. The first-order valence-corrected chi connectivity index (χ1v) is 12.6. The molecule has 2 fully saturated rings. The van der Waals surface area contributed by atoms with E-state index in [1.165, 1.54) is 6.92 Å². The van der Waals surface area contributed by atoms with E-state index in [1.807, 2.05) is 41.3 Å². The maximum absolute atomic E-state index is 13.1. The number of rotatable bonds is 8. The number of anilines is 1. The van der Waals surface area contributed by atoms with Crippen LogP contribution in [0.25, 0.3) is 11.3 Å². The Kier molecular flexibility index (Phi) is 9.07. The molecule has 0 aliphatic carbocycles. The third kappa shape index (κ3) is 6.92. The molecule has 4 rings (SSSR count). The van der Waals surface area contributed by atoms with Crippen molar-refractivity contribution in [2.45, 2.75) is 13.3 Å². The lowest BCUT2D eigenvalue weighted by molar-refractivity contribution is -0.139. The van der Waals surface area contributed by atoms with Crippen LogP contribution in [-0.2, 0) is 14.3 Å². The van der Waals surface area contributed by atoms with Crippen LogP contribution in [0.3, 0.4) is 0 Å². The van der Waals surface area contributed by atoms with Gasteiger partial charge in [0, 0.05) is 64.8 Å². The molecule has 0 N–H and O–H groups in total. The van der Waals surface area contributed by atoms with E-state index in [0.717, 1.165) is 68.6 Å². The molecule has 1 aromatic heterocycles. The number of morpholine rings is 1. The Labute approximate surface area is 212 Å². The Morgan fingerprint density at radius 2 is 1.86 bits per heavy atom. The lowest BCUT2D eigenvalue weighted by Crippen LogP contribution is -2.47. The number of benzene rings is 1. The predicted octanol–water partition coefficient (Wildman–Crippen LogP) is 1.37. The van der Waals surface area contributed by atoms with Gasteiger partial charge in [0.15, 0.2) is 5.82 Å². The molecule has 0 saturated carbocycles. The first-order valence-electron chi connectivity index (χ1n) is 12.6. The molecule has 0 radical (unpaired) electrons. The molecule has 1 aromatic carbocycles. The number of amides is 2. The van der Waals surface area contributed by atoms with Crippen molar-refractivity contribution in [3.8, 4) is 17.0 Å². The molecule has 0 spiro atoms. The Hall–Kier alpha value is -3.24. The van der Waals surface area contributed by atoms with Gasteiger partial charge in [0.25, 0.3) is 0 Å². The standard InChI is InChI=1S/C26H36N6O4/c1-21(33)32(12-11-29-15-17-36-18-16-29)20-26(34)31-10-4-9-30(13-14-31)25-8-7-24(27-28-25)22-5-3-6-23(19-22)35-2/h3,5-8,19H,4,9-18,20H2,1-2H3. The average Bonchev–Trinajstić information content (AvgIpc) is 3.18. The van der Waals surface area contributed by atoms with Crippen LogP contribution in [0.2, 0.25) is 0 Å². The van der Waals surface area contributed by atoms with Gasteiger partial charge in [-0.25, -0.2) is 0 Å². The summed E-state index contributed by atoms with van der Waals surface area (Å²) in [6, 6.07) is 11.7. The Bertz CT molecular complexity index is 1010. The van der Waals surface area contributed by atoms with E-state index < -0.39 is 0 Å². The summed E-state index contributed by atoms with van der Waals surface area (Å²) >= 11 is 0. The fraction of sp³-hybridized carbons (Fsp3) is 0.538. The van der Waals surface area contributed by atoms with Crippen LogP contribution in [0.1, 0.15) is 13.3 Å². The molecular formula is C26H36N6O4. The fourth-order valence-electron chi connectivity index (χ4n) is 4.52. The van der Waals surface area contributed by atoms with Crippen LogP contribution in [0.5, 0.6) is 5.75 Å². The quantitative estimate of drug-likeness (QED) is 0.541. The van der Waals surface area contributed by atoms with E-state index >= 15 is 0 Å². The highest BCUT2D eigenvalue weighted by Gasteiger charge is 2.23. The highest BCUT2D eigenvalue weighted by atomic mass is 16.5. The van der Waals surface area contributed by atoms with Gasteiger partial charge >= 0.3 is 0 Å². The smallest absolute Gasteiger partial charge is 0.242 e. The highest BCUT2D eigenvalue weighted by molar-refractivity contribution is 5.84. The largest absolute Gasteiger partial charge is 0.497 e. The van der Waals surface area contributed by atoms with Crippen molar-refractivity contribution in [3.63, 3.8) is 0 Å². The van der Waals surface area contributed by atoms with Crippen LogP contribution in [-0.4, -0.2) is 116 Å². The lowest BCUT2D eigenvalue weighted by Gasteiger charge is -2.30. The molecule has 3 heterocycles. The number of carbonyl (C=O) groups excluding carboxylic acids is 2. The molecule has 2 aliphatic rings. The summed E-state index contributed by atoms with van der Waals surface area (Å²) in [5, 5.41) is 8.87. The number of hydrogen-bond donors (Lipinski definition) is 0. The van der Waals surface area contributed by atoms with Crippen LogP contribution < -0.4 is 9.64 Å². The second-order valence-electron chi connectivity index (χ2n) is 9.12. The van der Waals surface area contributed by atoms with Crippen LogP contribution in [0.15, 0.2) is 36.4 Å². The molecule has 0 bridgehead atoms. The summed E-state index contributed by atoms with van der Waals surface area (Å²) in [5.41, 5.74) is 1.73. The zero-order valence-electron chi connectivity index (χ0n) is 21.3.